The van der Waals surface area contributed by atoms with Crippen LogP contribution in [0.15, 0.2) is 108 Å². The number of halogens is 3. The maximum atomic E-state index is 13.8. The van der Waals surface area contributed by atoms with Gasteiger partial charge < -0.3 is 14.2 Å². The summed E-state index contributed by atoms with van der Waals surface area (Å²) >= 11 is 2.53. The van der Waals surface area contributed by atoms with Crippen LogP contribution in [-0.2, 0) is 13.7 Å². The van der Waals surface area contributed by atoms with Crippen molar-refractivity contribution in [2.24, 2.45) is 0 Å². The zero-order valence-electron chi connectivity index (χ0n) is 20.8. The van der Waals surface area contributed by atoms with E-state index >= 15 is 0 Å². The largest absolute Gasteiger partial charge is 0.524 e. The van der Waals surface area contributed by atoms with E-state index in [0.717, 1.165) is 20.4 Å². The van der Waals surface area contributed by atoms with Gasteiger partial charge in [0.05, 0.1) is 29.7 Å². The van der Waals surface area contributed by atoms with Crippen molar-refractivity contribution < 1.29 is 39.4 Å². The second kappa shape index (κ2) is 11.7. The number of hydrogen-bond acceptors (Lipinski definition) is 8. The molecule has 0 atom stereocenters. The minimum absolute atomic E-state index is 0.240. The van der Waals surface area contributed by atoms with E-state index in [1.54, 1.807) is 55.6 Å². The molecule has 6 nitrogen and oxygen atoms in total. The van der Waals surface area contributed by atoms with Crippen LogP contribution >= 0.6 is 33.4 Å². The summed E-state index contributed by atoms with van der Waals surface area (Å²) in [7, 11) is -5.01. The summed E-state index contributed by atoms with van der Waals surface area (Å²) in [5, 5.41) is 0. The number of benzene rings is 3. The molecule has 208 valence electrons. The molecule has 39 heavy (non-hydrogen) atoms. The number of thiophene rings is 1. The lowest BCUT2D eigenvalue weighted by Crippen LogP contribution is -2.27. The minimum Gasteiger partial charge on any atom is -0.497 e. The molecule has 0 aliphatic carbocycles. The fourth-order valence-corrected chi connectivity index (χ4v) is 11.3. The van der Waals surface area contributed by atoms with E-state index in [9.17, 15) is 21.6 Å². The first kappa shape index (κ1) is 29.2. The van der Waals surface area contributed by atoms with Gasteiger partial charge in [-0.05, 0) is 95.2 Å². The average molecular weight is 617 g/mol. The molecule has 0 unspecified atom stereocenters. The van der Waals surface area contributed by atoms with Crippen molar-refractivity contribution >= 4 is 43.5 Å². The Kier molecular flexibility index (Phi) is 8.76. The Morgan fingerprint density at radius 3 is 1.51 bits per heavy atom. The molecule has 0 saturated heterocycles. The minimum atomic E-state index is -6.03. The van der Waals surface area contributed by atoms with E-state index in [1.165, 1.54) is 50.2 Å². The van der Waals surface area contributed by atoms with Crippen LogP contribution in [0, 0.1) is 0 Å². The highest BCUT2D eigenvalue weighted by Gasteiger charge is 2.53. The van der Waals surface area contributed by atoms with Crippen molar-refractivity contribution in [3.8, 4) is 17.2 Å². The van der Waals surface area contributed by atoms with Crippen LogP contribution in [-0.4, -0.2) is 35.3 Å². The van der Waals surface area contributed by atoms with Gasteiger partial charge in [-0.3, -0.25) is 0 Å². The van der Waals surface area contributed by atoms with E-state index in [4.69, 9.17) is 17.8 Å². The maximum Gasteiger partial charge on any atom is 0.524 e. The van der Waals surface area contributed by atoms with Crippen LogP contribution in [0.3, 0.4) is 0 Å². The van der Waals surface area contributed by atoms with Crippen molar-refractivity contribution in [3.63, 3.8) is 0 Å². The first-order valence-electron chi connectivity index (χ1n) is 11.1. The lowest BCUT2D eigenvalue weighted by atomic mass is 10.3. The molecular weight excluding hydrogens is 594 g/mol. The molecule has 0 bridgehead atoms. The monoisotopic (exact) mass is 616 g/mol. The molecule has 0 N–H and O–H groups in total. The van der Waals surface area contributed by atoms with Gasteiger partial charge in [-0.2, -0.15) is 25.2 Å². The second-order valence-electron chi connectivity index (χ2n) is 7.73. The number of alkyl halides is 3. The first-order chi connectivity index (χ1) is 18.5. The van der Waals surface area contributed by atoms with Crippen molar-refractivity contribution in [2.45, 2.75) is 28.6 Å². The van der Waals surface area contributed by atoms with E-state index in [2.05, 4.69) is 0 Å². The molecule has 0 spiro atoms. The van der Waals surface area contributed by atoms with Crippen LogP contribution in [0.25, 0.3) is 0 Å². The second-order valence-corrected chi connectivity index (χ2v) is 14.9. The number of methoxy groups -OCH3 is 3. The number of hydrogen-bond donors (Lipinski definition) is 0. The zero-order chi connectivity index (χ0) is 28.3. The molecule has 4 rings (SSSR count). The van der Waals surface area contributed by atoms with Gasteiger partial charge in [-0.25, -0.2) is 0 Å². The van der Waals surface area contributed by atoms with Crippen molar-refractivity contribution in [1.29, 1.82) is 0 Å². The molecule has 0 radical (unpaired) electrons. The Bertz CT molecular complexity index is 1450. The quantitative estimate of drug-likeness (QED) is 0.167. The fourth-order valence-electron chi connectivity index (χ4n) is 3.46. The Labute approximate surface area is 234 Å². The fraction of sp³-hybridized carbons (Fsp3) is 0.154. The third kappa shape index (κ3) is 6.17. The van der Waals surface area contributed by atoms with Crippen LogP contribution < -0.4 is 14.2 Å². The van der Waals surface area contributed by atoms with Gasteiger partial charge >= 0.3 is 15.6 Å². The Hall–Kier alpha value is -2.84. The van der Waals surface area contributed by atoms with E-state index in [-0.39, 0.29) is 9.79 Å². The Balaban J connectivity index is 1.92. The predicted molar refractivity (Wildman–Crippen MR) is 146 cm³/mol. The molecule has 0 saturated carbocycles. The molecule has 0 aliphatic heterocycles. The summed E-state index contributed by atoms with van der Waals surface area (Å²) < 4.78 is 88.4. The maximum absolute atomic E-state index is 13.8. The SMILES string of the molecule is COc1ccc(Sc2ccc(S(OS(=O)(=O)C(F)(F)F)(c3ccc(OC)cc3)c3ccc(OC)cc3)s2)cc1. The number of ether oxygens (including phenoxy) is 3. The third-order valence-corrected chi connectivity index (χ3v) is 13.0. The van der Waals surface area contributed by atoms with Crippen molar-refractivity contribution in [2.75, 3.05) is 21.3 Å². The zero-order valence-corrected chi connectivity index (χ0v) is 24.1. The molecular formula is C26H23F3O6S4. The molecule has 0 aliphatic rings. The van der Waals surface area contributed by atoms with Gasteiger partial charge in [-0.1, -0.05) is 11.8 Å². The van der Waals surface area contributed by atoms with Crippen LogP contribution in [0.1, 0.15) is 0 Å². The Morgan fingerprint density at radius 2 is 1.10 bits per heavy atom. The highest BCUT2D eigenvalue weighted by Crippen LogP contribution is 2.72. The first-order valence-corrected chi connectivity index (χ1v) is 15.7. The summed E-state index contributed by atoms with van der Waals surface area (Å²) in [6, 6.07) is 22.9. The summed E-state index contributed by atoms with van der Waals surface area (Å²) in [6.07, 6.45) is 0. The molecule has 0 fully saturated rings. The van der Waals surface area contributed by atoms with Gasteiger partial charge in [0.15, 0.2) is 0 Å². The van der Waals surface area contributed by atoms with Gasteiger partial charge in [-0.15, -0.1) is 11.3 Å². The molecule has 4 aromatic rings. The highest BCUT2D eigenvalue weighted by molar-refractivity contribution is 8.34. The summed E-state index contributed by atoms with van der Waals surface area (Å²) in [5.74, 6) is 1.57. The van der Waals surface area contributed by atoms with Crippen LogP contribution in [0.4, 0.5) is 13.2 Å². The smallest absolute Gasteiger partial charge is 0.497 e. The topological polar surface area (TPSA) is 71.1 Å². The van der Waals surface area contributed by atoms with Crippen molar-refractivity contribution in [3.05, 3.63) is 84.9 Å². The molecule has 13 heteroatoms. The summed E-state index contributed by atoms with van der Waals surface area (Å²) in [5.41, 5.74) is -5.64. The average Bonchev–Trinajstić information content (AvgIpc) is 3.40. The summed E-state index contributed by atoms with van der Waals surface area (Å²) in [6.45, 7) is 0. The van der Waals surface area contributed by atoms with E-state index < -0.39 is 25.9 Å². The normalized spacial score (nSPS) is 12.7. The van der Waals surface area contributed by atoms with Gasteiger partial charge in [0.25, 0.3) is 0 Å². The molecule has 1 aromatic heterocycles. The number of rotatable bonds is 10. The Morgan fingerprint density at radius 1 is 0.667 bits per heavy atom. The predicted octanol–water partition coefficient (Wildman–Crippen LogP) is 7.99. The van der Waals surface area contributed by atoms with Crippen LogP contribution in [0.2, 0.25) is 0 Å². The van der Waals surface area contributed by atoms with E-state index in [0.29, 0.717) is 21.5 Å². The lowest BCUT2D eigenvalue weighted by molar-refractivity contribution is -0.0496. The van der Waals surface area contributed by atoms with E-state index in [1.807, 2.05) is 12.1 Å². The van der Waals surface area contributed by atoms with Gasteiger partial charge in [0.1, 0.15) is 17.2 Å². The van der Waals surface area contributed by atoms with Gasteiger partial charge in [0, 0.05) is 14.7 Å². The molecule has 3 aromatic carbocycles. The standard InChI is InChI=1S/C26H23F3O6S4/c1-32-18-4-10-21(11-5-18)36-24-16-17-25(37-24)38(35-39(30,31)26(27,28)29,22-12-6-19(33-2)7-13-22)23-14-8-20(34-3)9-15-23/h4-17H,1-3H3. The summed E-state index contributed by atoms with van der Waals surface area (Å²) in [4.78, 5) is 1.34. The third-order valence-electron chi connectivity index (χ3n) is 5.38. The van der Waals surface area contributed by atoms with Crippen LogP contribution in [0.5, 0.6) is 17.2 Å². The van der Waals surface area contributed by atoms with Crippen molar-refractivity contribution in [1.82, 2.24) is 0 Å². The molecule has 1 heterocycles. The highest BCUT2D eigenvalue weighted by atomic mass is 32.3. The van der Waals surface area contributed by atoms with Gasteiger partial charge in [0.2, 0.25) is 0 Å². The molecule has 0 amide bonds. The lowest BCUT2D eigenvalue weighted by Gasteiger charge is -2.38.